The second-order valence-electron chi connectivity index (χ2n) is 6.51. The Morgan fingerprint density at radius 3 is 2.79 bits per heavy atom. The van der Waals surface area contributed by atoms with E-state index in [9.17, 15) is 4.79 Å². The average Bonchev–Trinajstić information content (AvgIpc) is 2.70. The van der Waals surface area contributed by atoms with Gasteiger partial charge >= 0.3 is 0 Å². The zero-order valence-corrected chi connectivity index (χ0v) is 12.7. The minimum atomic E-state index is -0.00305. The molecule has 0 N–H and O–H groups in total. The van der Waals surface area contributed by atoms with Gasteiger partial charge in [0.2, 0.25) is 0 Å². The summed E-state index contributed by atoms with van der Waals surface area (Å²) < 4.78 is 1.34. The van der Waals surface area contributed by atoms with Crippen molar-refractivity contribution in [3.05, 3.63) is 20.8 Å². The van der Waals surface area contributed by atoms with Crippen molar-refractivity contribution < 1.29 is 0 Å². The molecule has 0 saturated heterocycles. The molecule has 2 heterocycles. The lowest BCUT2D eigenvalue weighted by atomic mass is 9.72. The predicted octanol–water partition coefficient (Wildman–Crippen LogP) is 2.54. The predicted molar refractivity (Wildman–Crippen MR) is 77.6 cm³/mol. The molecule has 0 fully saturated rings. The number of rotatable bonds is 0. The molecule has 4 nitrogen and oxygen atoms in total. The maximum atomic E-state index is 12.2. The fourth-order valence-electron chi connectivity index (χ4n) is 2.91. The molecule has 1 atom stereocenters. The van der Waals surface area contributed by atoms with Crippen LogP contribution in [0.4, 0.5) is 0 Å². The summed E-state index contributed by atoms with van der Waals surface area (Å²) in [6.45, 7) is 6.90. The Kier molecular flexibility index (Phi) is 2.78. The van der Waals surface area contributed by atoms with Crippen molar-refractivity contribution in [1.29, 1.82) is 0 Å². The van der Waals surface area contributed by atoms with E-state index in [0.717, 1.165) is 29.5 Å². The molecule has 2 aromatic rings. The second-order valence-corrected chi connectivity index (χ2v) is 7.59. The first kappa shape index (κ1) is 12.8. The van der Waals surface area contributed by atoms with Gasteiger partial charge in [-0.1, -0.05) is 26.0 Å². The van der Waals surface area contributed by atoms with E-state index >= 15 is 0 Å². The highest BCUT2D eigenvalue weighted by atomic mass is 32.1. The van der Waals surface area contributed by atoms with Gasteiger partial charge in [0.05, 0.1) is 5.39 Å². The fourth-order valence-corrected chi connectivity index (χ4v) is 4.15. The summed E-state index contributed by atoms with van der Waals surface area (Å²) in [5.41, 5.74) is 1.55. The van der Waals surface area contributed by atoms with Crippen LogP contribution in [0.2, 0.25) is 0 Å². The van der Waals surface area contributed by atoms with E-state index < -0.39 is 0 Å². The van der Waals surface area contributed by atoms with Crippen LogP contribution in [0.3, 0.4) is 0 Å². The third-order valence-corrected chi connectivity index (χ3v) is 5.39. The number of hydrogen-bond acceptors (Lipinski definition) is 4. The molecule has 1 aliphatic rings. The van der Waals surface area contributed by atoms with Gasteiger partial charge in [-0.15, -0.1) is 16.4 Å². The Bertz CT molecular complexity index is 693. The van der Waals surface area contributed by atoms with Crippen molar-refractivity contribution in [2.45, 2.75) is 40.0 Å². The number of thiophene rings is 1. The van der Waals surface area contributed by atoms with Gasteiger partial charge in [0, 0.05) is 11.9 Å². The summed E-state index contributed by atoms with van der Waals surface area (Å²) in [6.07, 6.45) is 3.23. The van der Waals surface area contributed by atoms with Crippen LogP contribution < -0.4 is 5.56 Å². The van der Waals surface area contributed by atoms with Crippen LogP contribution in [0.1, 0.15) is 37.6 Å². The van der Waals surface area contributed by atoms with Crippen molar-refractivity contribution in [2.75, 3.05) is 0 Å². The molecule has 0 aliphatic heterocycles. The molecule has 1 aliphatic carbocycles. The third kappa shape index (κ3) is 2.00. The Morgan fingerprint density at radius 2 is 2.11 bits per heavy atom. The van der Waals surface area contributed by atoms with Gasteiger partial charge in [0.1, 0.15) is 0 Å². The van der Waals surface area contributed by atoms with Gasteiger partial charge in [-0.2, -0.15) is 0 Å². The molecule has 0 spiro atoms. The van der Waals surface area contributed by atoms with Crippen LogP contribution in [-0.2, 0) is 19.9 Å². The summed E-state index contributed by atoms with van der Waals surface area (Å²) in [4.78, 5) is 14.4. The molecule has 3 rings (SSSR count). The largest absolute Gasteiger partial charge is 0.278 e. The minimum Gasteiger partial charge on any atom is -0.267 e. The summed E-state index contributed by atoms with van der Waals surface area (Å²) in [5.74, 6) is 0.685. The smallest absolute Gasteiger partial charge is 0.267 e. The van der Waals surface area contributed by atoms with E-state index in [4.69, 9.17) is 0 Å². The zero-order chi connectivity index (χ0) is 13.8. The maximum Gasteiger partial charge on any atom is 0.278 e. The van der Waals surface area contributed by atoms with E-state index in [1.165, 1.54) is 15.1 Å². The molecule has 0 aromatic carbocycles. The molecule has 1 unspecified atom stereocenters. The van der Waals surface area contributed by atoms with Crippen molar-refractivity contribution in [2.24, 2.45) is 18.4 Å². The van der Waals surface area contributed by atoms with Crippen molar-refractivity contribution >= 4 is 21.6 Å². The summed E-state index contributed by atoms with van der Waals surface area (Å²) in [5, 5.41) is 8.86. The SMILES string of the molecule is Cn1nnc2sc3c(c2c1=O)CCC(C(C)(C)C)C3. The van der Waals surface area contributed by atoms with E-state index in [0.29, 0.717) is 11.3 Å². The summed E-state index contributed by atoms with van der Waals surface area (Å²) >= 11 is 1.66. The summed E-state index contributed by atoms with van der Waals surface area (Å²) in [6, 6.07) is 0. The van der Waals surface area contributed by atoms with E-state index in [2.05, 4.69) is 31.1 Å². The third-order valence-electron chi connectivity index (χ3n) is 4.25. The van der Waals surface area contributed by atoms with Crippen LogP contribution in [0.15, 0.2) is 4.79 Å². The normalized spacial score (nSPS) is 19.7. The zero-order valence-electron chi connectivity index (χ0n) is 11.9. The van der Waals surface area contributed by atoms with Crippen molar-refractivity contribution in [3.63, 3.8) is 0 Å². The van der Waals surface area contributed by atoms with Crippen LogP contribution in [0.5, 0.6) is 0 Å². The van der Waals surface area contributed by atoms with E-state index in [-0.39, 0.29) is 5.56 Å². The van der Waals surface area contributed by atoms with Crippen LogP contribution in [0, 0.1) is 11.3 Å². The lowest BCUT2D eigenvalue weighted by Gasteiger charge is -2.33. The standard InChI is InChI=1S/C14H19N3OS/c1-14(2,3)8-5-6-9-10(7-8)19-12-11(9)13(18)17(4)16-15-12/h8H,5-7H2,1-4H3. The van der Waals surface area contributed by atoms with Crippen LogP contribution in [-0.4, -0.2) is 15.0 Å². The molecule has 2 aromatic heterocycles. The Balaban J connectivity index is 2.14. The first-order chi connectivity index (χ1) is 8.88. The highest BCUT2D eigenvalue weighted by Gasteiger charge is 2.31. The minimum absolute atomic E-state index is 0.00305. The number of fused-ring (bicyclic) bond motifs is 3. The van der Waals surface area contributed by atoms with E-state index in [1.54, 1.807) is 18.4 Å². The number of aromatic nitrogens is 3. The molecule has 19 heavy (non-hydrogen) atoms. The van der Waals surface area contributed by atoms with E-state index in [1.807, 2.05) is 0 Å². The number of aryl methyl sites for hydroxylation is 2. The Morgan fingerprint density at radius 1 is 1.37 bits per heavy atom. The monoisotopic (exact) mass is 277 g/mol. The molecule has 0 amide bonds. The van der Waals surface area contributed by atoms with Crippen LogP contribution in [0.25, 0.3) is 10.2 Å². The quantitative estimate of drug-likeness (QED) is 0.743. The highest BCUT2D eigenvalue weighted by Crippen LogP contribution is 2.41. The highest BCUT2D eigenvalue weighted by molar-refractivity contribution is 7.18. The van der Waals surface area contributed by atoms with Gasteiger partial charge in [0.25, 0.3) is 5.56 Å². The molecule has 5 heteroatoms. The lowest BCUT2D eigenvalue weighted by molar-refractivity contribution is 0.218. The molecule has 102 valence electrons. The molecular formula is C14H19N3OS. The molecule has 0 bridgehead atoms. The fraction of sp³-hybridized carbons (Fsp3) is 0.643. The molecule has 0 saturated carbocycles. The van der Waals surface area contributed by atoms with Crippen LogP contribution >= 0.6 is 11.3 Å². The second kappa shape index (κ2) is 4.13. The summed E-state index contributed by atoms with van der Waals surface area (Å²) in [7, 11) is 1.67. The van der Waals surface area contributed by atoms with Gasteiger partial charge in [-0.25, -0.2) is 4.68 Å². The van der Waals surface area contributed by atoms with Gasteiger partial charge in [-0.3, -0.25) is 4.79 Å². The number of hydrogen-bond donors (Lipinski definition) is 0. The number of nitrogens with zero attached hydrogens (tertiary/aromatic N) is 3. The van der Waals surface area contributed by atoms with Crippen molar-refractivity contribution in [3.8, 4) is 0 Å². The lowest BCUT2D eigenvalue weighted by Crippen LogP contribution is -2.27. The van der Waals surface area contributed by atoms with Gasteiger partial charge in [0.15, 0.2) is 4.83 Å². The first-order valence-corrected chi connectivity index (χ1v) is 7.54. The molecule has 0 radical (unpaired) electrons. The maximum absolute atomic E-state index is 12.2. The molecular weight excluding hydrogens is 258 g/mol. The Labute approximate surface area is 116 Å². The first-order valence-electron chi connectivity index (χ1n) is 6.72. The van der Waals surface area contributed by atoms with Gasteiger partial charge in [-0.05, 0) is 36.2 Å². The van der Waals surface area contributed by atoms with Gasteiger partial charge < -0.3 is 0 Å². The van der Waals surface area contributed by atoms with Crippen molar-refractivity contribution in [1.82, 2.24) is 15.0 Å². The Hall–Kier alpha value is -1.23. The average molecular weight is 277 g/mol. The topological polar surface area (TPSA) is 47.8 Å².